The normalized spacial score (nSPS) is 16.7. The second-order valence-electron chi connectivity index (χ2n) is 6.62. The summed E-state index contributed by atoms with van der Waals surface area (Å²) in [5.74, 6) is 1.07. The number of imidazole rings is 1. The van der Waals surface area contributed by atoms with Crippen molar-refractivity contribution in [3.63, 3.8) is 0 Å². The molecule has 0 bridgehead atoms. The molecule has 3 heterocycles. The zero-order chi connectivity index (χ0) is 16.4. The first-order valence-electron chi connectivity index (χ1n) is 8.55. The molecule has 0 saturated carbocycles. The Hall–Kier alpha value is -2.24. The maximum atomic E-state index is 4.72. The Labute approximate surface area is 142 Å². The number of nitrogens with one attached hydrogen (secondary N) is 1. The number of benzene rings is 1. The molecule has 3 aromatic rings. The number of pyridine rings is 1. The van der Waals surface area contributed by atoms with Crippen LogP contribution in [0.2, 0.25) is 0 Å². The second-order valence-corrected chi connectivity index (χ2v) is 6.62. The highest BCUT2D eigenvalue weighted by Gasteiger charge is 2.18. The molecule has 0 amide bonds. The van der Waals surface area contributed by atoms with Crippen LogP contribution in [-0.4, -0.2) is 50.9 Å². The highest BCUT2D eigenvalue weighted by atomic mass is 15.3. The van der Waals surface area contributed by atoms with Gasteiger partial charge in [-0.3, -0.25) is 14.8 Å². The lowest BCUT2D eigenvalue weighted by atomic mass is 10.2. The van der Waals surface area contributed by atoms with Crippen LogP contribution in [0.3, 0.4) is 0 Å². The molecule has 0 spiro atoms. The Bertz CT molecular complexity index is 803. The van der Waals surface area contributed by atoms with Gasteiger partial charge in [-0.25, -0.2) is 4.98 Å². The van der Waals surface area contributed by atoms with Gasteiger partial charge < -0.3 is 4.98 Å². The van der Waals surface area contributed by atoms with Crippen LogP contribution in [0.15, 0.2) is 42.7 Å². The first kappa shape index (κ1) is 15.3. The molecule has 5 heteroatoms. The van der Waals surface area contributed by atoms with Crippen LogP contribution in [0.4, 0.5) is 0 Å². The van der Waals surface area contributed by atoms with Crippen LogP contribution in [0.5, 0.6) is 0 Å². The maximum absolute atomic E-state index is 4.72. The fourth-order valence-electron chi connectivity index (χ4n) is 3.32. The minimum absolute atomic E-state index is 0.897. The number of aryl methyl sites for hydroxylation is 1. The SMILES string of the molecule is Cc1ccc2nc(CN3CCN(Cc4cccnc4)CC3)[nH]c2c1. The maximum Gasteiger partial charge on any atom is 0.121 e. The van der Waals surface area contributed by atoms with Gasteiger partial charge >= 0.3 is 0 Å². The monoisotopic (exact) mass is 321 g/mol. The summed E-state index contributed by atoms with van der Waals surface area (Å²) >= 11 is 0. The molecule has 5 nitrogen and oxygen atoms in total. The largest absolute Gasteiger partial charge is 0.341 e. The van der Waals surface area contributed by atoms with Gasteiger partial charge in [-0.05, 0) is 36.2 Å². The Morgan fingerprint density at radius 1 is 1.04 bits per heavy atom. The van der Waals surface area contributed by atoms with Gasteiger partial charge in [0.15, 0.2) is 0 Å². The Kier molecular flexibility index (Phi) is 4.28. The number of H-pyrrole nitrogens is 1. The summed E-state index contributed by atoms with van der Waals surface area (Å²) in [7, 11) is 0. The van der Waals surface area contributed by atoms with Crippen LogP contribution < -0.4 is 0 Å². The van der Waals surface area contributed by atoms with E-state index in [0.29, 0.717) is 0 Å². The van der Waals surface area contributed by atoms with E-state index in [2.05, 4.69) is 51.0 Å². The molecule has 1 aliphatic heterocycles. The molecule has 0 unspecified atom stereocenters. The molecule has 1 aliphatic rings. The van der Waals surface area contributed by atoms with Crippen molar-refractivity contribution in [2.24, 2.45) is 0 Å². The molecule has 0 atom stereocenters. The molecular formula is C19H23N5. The van der Waals surface area contributed by atoms with E-state index in [-0.39, 0.29) is 0 Å². The second kappa shape index (κ2) is 6.71. The van der Waals surface area contributed by atoms with Gasteiger partial charge in [-0.2, -0.15) is 0 Å². The molecule has 4 rings (SSSR count). The minimum Gasteiger partial charge on any atom is -0.341 e. The average molecular weight is 321 g/mol. The van der Waals surface area contributed by atoms with Crippen LogP contribution in [0.1, 0.15) is 17.0 Å². The Balaban J connectivity index is 1.34. The number of hydrogen-bond donors (Lipinski definition) is 1. The number of piperazine rings is 1. The number of aromatic amines is 1. The summed E-state index contributed by atoms with van der Waals surface area (Å²) in [6.45, 7) is 8.34. The number of hydrogen-bond acceptors (Lipinski definition) is 4. The number of aromatic nitrogens is 3. The van der Waals surface area contributed by atoms with Crippen LogP contribution in [0.25, 0.3) is 11.0 Å². The minimum atomic E-state index is 0.897. The Morgan fingerprint density at radius 2 is 1.83 bits per heavy atom. The lowest BCUT2D eigenvalue weighted by molar-refractivity contribution is 0.120. The summed E-state index contributed by atoms with van der Waals surface area (Å²) in [4.78, 5) is 17.3. The molecular weight excluding hydrogens is 298 g/mol. The standard InChI is InChI=1S/C19H23N5/c1-15-4-5-17-18(11-15)22-19(21-17)14-24-9-7-23(8-10-24)13-16-3-2-6-20-12-16/h2-6,11-12H,7-10,13-14H2,1H3,(H,21,22). The molecule has 124 valence electrons. The lowest BCUT2D eigenvalue weighted by Crippen LogP contribution is -2.45. The summed E-state index contributed by atoms with van der Waals surface area (Å²) in [5.41, 5.74) is 4.76. The van der Waals surface area contributed by atoms with Gasteiger partial charge in [0.25, 0.3) is 0 Å². The van der Waals surface area contributed by atoms with Crippen LogP contribution >= 0.6 is 0 Å². The third kappa shape index (κ3) is 3.47. The molecule has 24 heavy (non-hydrogen) atoms. The van der Waals surface area contributed by atoms with E-state index in [1.54, 1.807) is 0 Å². The van der Waals surface area contributed by atoms with Crippen molar-refractivity contribution in [1.82, 2.24) is 24.8 Å². The Morgan fingerprint density at radius 3 is 2.58 bits per heavy atom. The zero-order valence-electron chi connectivity index (χ0n) is 14.1. The summed E-state index contributed by atoms with van der Waals surface area (Å²) in [5, 5.41) is 0. The summed E-state index contributed by atoms with van der Waals surface area (Å²) in [6.07, 6.45) is 3.79. The van der Waals surface area contributed by atoms with Crippen molar-refractivity contribution < 1.29 is 0 Å². The molecule has 1 N–H and O–H groups in total. The highest BCUT2D eigenvalue weighted by Crippen LogP contribution is 2.15. The lowest BCUT2D eigenvalue weighted by Gasteiger charge is -2.34. The van der Waals surface area contributed by atoms with Crippen molar-refractivity contribution in [2.75, 3.05) is 26.2 Å². The van der Waals surface area contributed by atoms with E-state index in [4.69, 9.17) is 4.98 Å². The average Bonchev–Trinajstić information content (AvgIpc) is 2.99. The number of rotatable bonds is 4. The van der Waals surface area contributed by atoms with E-state index >= 15 is 0 Å². The molecule has 0 aliphatic carbocycles. The third-order valence-corrected chi connectivity index (χ3v) is 4.65. The number of nitrogens with zero attached hydrogens (tertiary/aromatic N) is 4. The zero-order valence-corrected chi connectivity index (χ0v) is 14.1. The number of fused-ring (bicyclic) bond motifs is 1. The summed E-state index contributed by atoms with van der Waals surface area (Å²) in [6, 6.07) is 10.5. The van der Waals surface area contributed by atoms with E-state index in [9.17, 15) is 0 Å². The van der Waals surface area contributed by atoms with E-state index < -0.39 is 0 Å². The van der Waals surface area contributed by atoms with E-state index in [1.807, 2.05) is 18.5 Å². The summed E-state index contributed by atoms with van der Waals surface area (Å²) < 4.78 is 0. The van der Waals surface area contributed by atoms with E-state index in [0.717, 1.165) is 56.1 Å². The molecule has 1 aromatic carbocycles. The fraction of sp³-hybridized carbons (Fsp3) is 0.368. The van der Waals surface area contributed by atoms with Crippen LogP contribution in [-0.2, 0) is 13.1 Å². The first-order chi connectivity index (χ1) is 11.8. The predicted molar refractivity (Wildman–Crippen MR) is 95.6 cm³/mol. The quantitative estimate of drug-likeness (QED) is 0.802. The molecule has 0 radical (unpaired) electrons. The topological polar surface area (TPSA) is 48.1 Å². The van der Waals surface area contributed by atoms with Gasteiger partial charge in [0, 0.05) is 45.1 Å². The van der Waals surface area contributed by atoms with Crippen molar-refractivity contribution in [2.45, 2.75) is 20.0 Å². The van der Waals surface area contributed by atoms with E-state index in [1.165, 1.54) is 11.1 Å². The van der Waals surface area contributed by atoms with Crippen molar-refractivity contribution in [3.8, 4) is 0 Å². The third-order valence-electron chi connectivity index (χ3n) is 4.65. The smallest absolute Gasteiger partial charge is 0.121 e. The highest BCUT2D eigenvalue weighted by molar-refractivity contribution is 5.75. The molecule has 1 saturated heterocycles. The fourth-order valence-corrected chi connectivity index (χ4v) is 3.32. The first-order valence-corrected chi connectivity index (χ1v) is 8.55. The molecule has 1 fully saturated rings. The van der Waals surface area contributed by atoms with Gasteiger partial charge in [0.05, 0.1) is 17.6 Å². The van der Waals surface area contributed by atoms with Crippen molar-refractivity contribution in [3.05, 3.63) is 59.7 Å². The molecule has 2 aromatic heterocycles. The van der Waals surface area contributed by atoms with Crippen LogP contribution in [0, 0.1) is 6.92 Å². The van der Waals surface area contributed by atoms with Gasteiger partial charge in [0.1, 0.15) is 5.82 Å². The van der Waals surface area contributed by atoms with Crippen molar-refractivity contribution in [1.29, 1.82) is 0 Å². The van der Waals surface area contributed by atoms with Gasteiger partial charge in [0.2, 0.25) is 0 Å². The van der Waals surface area contributed by atoms with Crippen molar-refractivity contribution >= 4 is 11.0 Å². The van der Waals surface area contributed by atoms with Gasteiger partial charge in [-0.1, -0.05) is 12.1 Å². The van der Waals surface area contributed by atoms with Gasteiger partial charge in [-0.15, -0.1) is 0 Å². The predicted octanol–water partition coefficient (Wildman–Crippen LogP) is 2.58.